The normalized spacial score (nSPS) is 15.8. The second kappa shape index (κ2) is 8.19. The second-order valence-electron chi connectivity index (χ2n) is 6.89. The van der Waals surface area contributed by atoms with Crippen molar-refractivity contribution < 1.29 is 0 Å². The van der Waals surface area contributed by atoms with E-state index >= 15 is 0 Å². The minimum Gasteiger partial charge on any atom is -0.357 e. The van der Waals surface area contributed by atoms with Crippen LogP contribution in [0.2, 0.25) is 0 Å². The van der Waals surface area contributed by atoms with Crippen molar-refractivity contribution in [3.05, 3.63) is 53.3 Å². The molecule has 2 aromatic rings. The first kappa shape index (κ1) is 17.5. The number of aryl methyl sites for hydroxylation is 2. The number of aliphatic imine (C=N–C) groups is 1. The van der Waals surface area contributed by atoms with E-state index in [2.05, 4.69) is 65.0 Å². The van der Waals surface area contributed by atoms with Crippen molar-refractivity contribution >= 4 is 5.96 Å². The molecule has 1 aromatic heterocycles. The maximum absolute atomic E-state index is 4.85. The molecule has 1 heterocycles. The molecule has 5 nitrogen and oxygen atoms in total. The molecule has 0 amide bonds. The van der Waals surface area contributed by atoms with Crippen LogP contribution in [0.25, 0.3) is 0 Å². The van der Waals surface area contributed by atoms with Gasteiger partial charge in [0.15, 0.2) is 5.96 Å². The van der Waals surface area contributed by atoms with Crippen molar-refractivity contribution in [1.82, 2.24) is 20.8 Å². The Hall–Kier alpha value is -2.30. The van der Waals surface area contributed by atoms with Crippen LogP contribution in [0.5, 0.6) is 0 Å². The molecule has 0 spiro atoms. The van der Waals surface area contributed by atoms with Gasteiger partial charge in [-0.3, -0.25) is 10.1 Å². The van der Waals surface area contributed by atoms with E-state index in [0.29, 0.717) is 0 Å². The van der Waals surface area contributed by atoms with Crippen LogP contribution in [0.4, 0.5) is 0 Å². The third-order valence-electron chi connectivity index (χ3n) is 4.97. The van der Waals surface area contributed by atoms with E-state index in [1.54, 1.807) is 0 Å². The number of nitrogens with one attached hydrogen (secondary N) is 3. The standard InChI is InChI=1S/C20H29N5/c1-3-21-19(22-13-7-8-17-14-24-25-16(17)2)23-15-20(11-12-20)18-9-5-4-6-10-18/h4-6,9-10,14H,3,7-8,11-13,15H2,1-2H3,(H,24,25)(H2,21,22,23). The highest BCUT2D eigenvalue weighted by molar-refractivity contribution is 5.79. The van der Waals surface area contributed by atoms with Gasteiger partial charge in [0.05, 0.1) is 12.7 Å². The Labute approximate surface area is 150 Å². The molecule has 1 aliphatic carbocycles. The van der Waals surface area contributed by atoms with Crippen LogP contribution in [0.1, 0.15) is 43.0 Å². The predicted octanol–water partition coefficient (Wildman–Crippen LogP) is 2.94. The first-order chi connectivity index (χ1) is 12.2. The molecule has 0 atom stereocenters. The Morgan fingerprint density at radius 2 is 2.04 bits per heavy atom. The van der Waals surface area contributed by atoms with Gasteiger partial charge in [0, 0.05) is 24.2 Å². The molecule has 0 aliphatic heterocycles. The average molecular weight is 339 g/mol. The molecule has 134 valence electrons. The highest BCUT2D eigenvalue weighted by Gasteiger charge is 2.43. The van der Waals surface area contributed by atoms with Crippen LogP contribution < -0.4 is 10.6 Å². The molecule has 1 fully saturated rings. The fourth-order valence-electron chi connectivity index (χ4n) is 3.17. The smallest absolute Gasteiger partial charge is 0.191 e. The van der Waals surface area contributed by atoms with E-state index in [1.165, 1.54) is 29.7 Å². The summed E-state index contributed by atoms with van der Waals surface area (Å²) in [7, 11) is 0. The molecular formula is C20H29N5. The number of rotatable bonds is 8. The average Bonchev–Trinajstić information content (AvgIpc) is 3.33. The fourth-order valence-corrected chi connectivity index (χ4v) is 3.17. The maximum atomic E-state index is 4.85. The van der Waals surface area contributed by atoms with E-state index in [9.17, 15) is 0 Å². The van der Waals surface area contributed by atoms with E-state index < -0.39 is 0 Å². The summed E-state index contributed by atoms with van der Waals surface area (Å²) in [6, 6.07) is 10.8. The van der Waals surface area contributed by atoms with Crippen molar-refractivity contribution in [1.29, 1.82) is 0 Å². The maximum Gasteiger partial charge on any atom is 0.191 e. The van der Waals surface area contributed by atoms with Crippen LogP contribution in [0.3, 0.4) is 0 Å². The van der Waals surface area contributed by atoms with E-state index in [-0.39, 0.29) is 5.41 Å². The number of guanidine groups is 1. The van der Waals surface area contributed by atoms with E-state index in [1.807, 2.05) is 6.20 Å². The zero-order valence-electron chi connectivity index (χ0n) is 15.3. The summed E-state index contributed by atoms with van der Waals surface area (Å²) in [5.74, 6) is 0.925. The zero-order valence-corrected chi connectivity index (χ0v) is 15.3. The lowest BCUT2D eigenvalue weighted by Gasteiger charge is -2.16. The molecule has 25 heavy (non-hydrogen) atoms. The van der Waals surface area contributed by atoms with E-state index in [0.717, 1.165) is 38.4 Å². The topological polar surface area (TPSA) is 65.1 Å². The molecule has 0 bridgehead atoms. The molecule has 5 heteroatoms. The molecule has 0 saturated heterocycles. The summed E-state index contributed by atoms with van der Waals surface area (Å²) >= 11 is 0. The van der Waals surface area contributed by atoms with Crippen molar-refractivity contribution in [2.45, 2.75) is 44.9 Å². The highest BCUT2D eigenvalue weighted by atomic mass is 15.2. The van der Waals surface area contributed by atoms with Crippen LogP contribution in [-0.2, 0) is 11.8 Å². The third-order valence-corrected chi connectivity index (χ3v) is 4.97. The number of H-pyrrole nitrogens is 1. The molecule has 3 rings (SSSR count). The Kier molecular flexibility index (Phi) is 5.74. The van der Waals surface area contributed by atoms with Crippen molar-refractivity contribution in [2.24, 2.45) is 4.99 Å². The van der Waals surface area contributed by atoms with Gasteiger partial charge in [-0.25, -0.2) is 0 Å². The number of aromatic nitrogens is 2. The summed E-state index contributed by atoms with van der Waals surface area (Å²) < 4.78 is 0. The molecule has 0 unspecified atom stereocenters. The summed E-state index contributed by atoms with van der Waals surface area (Å²) in [6.07, 6.45) is 6.49. The molecule has 1 saturated carbocycles. The quantitative estimate of drug-likeness (QED) is 0.394. The van der Waals surface area contributed by atoms with Crippen LogP contribution >= 0.6 is 0 Å². The lowest BCUT2D eigenvalue weighted by molar-refractivity contribution is 0.686. The summed E-state index contributed by atoms with van der Waals surface area (Å²) in [4.78, 5) is 4.85. The third kappa shape index (κ3) is 4.62. The first-order valence-electron chi connectivity index (χ1n) is 9.30. The molecule has 3 N–H and O–H groups in total. The summed E-state index contributed by atoms with van der Waals surface area (Å²) in [5, 5.41) is 13.9. The van der Waals surface area contributed by atoms with Gasteiger partial charge in [-0.15, -0.1) is 0 Å². The predicted molar refractivity (Wildman–Crippen MR) is 103 cm³/mol. The molecular weight excluding hydrogens is 310 g/mol. The van der Waals surface area contributed by atoms with Gasteiger partial charge in [0.2, 0.25) is 0 Å². The van der Waals surface area contributed by atoms with Crippen LogP contribution in [-0.4, -0.2) is 35.8 Å². The molecule has 1 aliphatic rings. The van der Waals surface area contributed by atoms with Gasteiger partial charge < -0.3 is 10.6 Å². The first-order valence-corrected chi connectivity index (χ1v) is 9.30. The Balaban J connectivity index is 1.50. The SMILES string of the molecule is CCNC(=NCC1(c2ccccc2)CC1)NCCCc1cn[nH]c1C. The van der Waals surface area contributed by atoms with Gasteiger partial charge in [0.25, 0.3) is 0 Å². The minimum absolute atomic E-state index is 0.261. The molecule has 0 radical (unpaired) electrons. The molecule has 1 aromatic carbocycles. The summed E-state index contributed by atoms with van der Waals surface area (Å²) in [5.41, 5.74) is 4.14. The van der Waals surface area contributed by atoms with Crippen molar-refractivity contribution in [2.75, 3.05) is 19.6 Å². The monoisotopic (exact) mass is 339 g/mol. The Bertz CT molecular complexity index is 685. The van der Waals surface area contributed by atoms with Gasteiger partial charge in [-0.2, -0.15) is 5.10 Å². The highest BCUT2D eigenvalue weighted by Crippen LogP contribution is 2.48. The fraction of sp³-hybridized carbons (Fsp3) is 0.500. The minimum atomic E-state index is 0.261. The van der Waals surface area contributed by atoms with Crippen LogP contribution in [0.15, 0.2) is 41.5 Å². The van der Waals surface area contributed by atoms with Gasteiger partial charge in [-0.1, -0.05) is 30.3 Å². The van der Waals surface area contributed by atoms with Gasteiger partial charge >= 0.3 is 0 Å². The lowest BCUT2D eigenvalue weighted by Crippen LogP contribution is -2.38. The van der Waals surface area contributed by atoms with Crippen molar-refractivity contribution in [3.63, 3.8) is 0 Å². The largest absolute Gasteiger partial charge is 0.357 e. The number of hydrogen-bond acceptors (Lipinski definition) is 2. The Morgan fingerprint density at radius 1 is 1.24 bits per heavy atom. The van der Waals surface area contributed by atoms with Crippen molar-refractivity contribution in [3.8, 4) is 0 Å². The number of nitrogens with zero attached hydrogens (tertiary/aromatic N) is 2. The van der Waals surface area contributed by atoms with Gasteiger partial charge in [0.1, 0.15) is 0 Å². The zero-order chi connectivity index (χ0) is 17.5. The van der Waals surface area contributed by atoms with Crippen LogP contribution in [0, 0.1) is 6.92 Å². The second-order valence-corrected chi connectivity index (χ2v) is 6.89. The summed E-state index contributed by atoms with van der Waals surface area (Å²) in [6.45, 7) is 6.82. The lowest BCUT2D eigenvalue weighted by atomic mass is 9.96. The Morgan fingerprint density at radius 3 is 2.68 bits per heavy atom. The number of aromatic amines is 1. The number of hydrogen-bond donors (Lipinski definition) is 3. The van der Waals surface area contributed by atoms with E-state index in [4.69, 9.17) is 4.99 Å². The number of benzene rings is 1. The van der Waals surface area contributed by atoms with Gasteiger partial charge in [-0.05, 0) is 50.7 Å².